The number of ether oxygens (including phenoxy) is 1. The number of fused-ring (bicyclic) bond motifs is 1. The second kappa shape index (κ2) is 14.1. The predicted octanol–water partition coefficient (Wildman–Crippen LogP) is 4.48. The molecule has 1 fully saturated rings. The average molecular weight is 664 g/mol. The highest BCUT2D eigenvalue weighted by atomic mass is 79.9. The second-order valence-electron chi connectivity index (χ2n) is 11.4. The molecule has 3 aromatic carbocycles. The van der Waals surface area contributed by atoms with Gasteiger partial charge in [0.15, 0.2) is 0 Å². The van der Waals surface area contributed by atoms with Crippen molar-refractivity contribution in [2.45, 2.75) is 38.4 Å². The number of nitrogens with one attached hydrogen (secondary N) is 2. The van der Waals surface area contributed by atoms with Gasteiger partial charge in [0, 0.05) is 54.5 Å². The van der Waals surface area contributed by atoms with Gasteiger partial charge < -0.3 is 30.9 Å². The van der Waals surface area contributed by atoms with Crippen LogP contribution in [0, 0.1) is 0 Å². The Kier molecular flexibility index (Phi) is 10.1. The summed E-state index contributed by atoms with van der Waals surface area (Å²) >= 11 is 3.49. The smallest absolute Gasteiger partial charge is 0.322 e. The quantitative estimate of drug-likeness (QED) is 0.291. The van der Waals surface area contributed by atoms with Gasteiger partial charge in [0.2, 0.25) is 5.91 Å². The van der Waals surface area contributed by atoms with Gasteiger partial charge in [-0.3, -0.25) is 14.5 Å². The lowest BCUT2D eigenvalue weighted by Crippen LogP contribution is -2.51. The first kappa shape index (κ1) is 31.3. The largest absolute Gasteiger partial charge is 0.497 e. The van der Waals surface area contributed by atoms with E-state index in [0.29, 0.717) is 54.7 Å². The fourth-order valence-electron chi connectivity index (χ4n) is 5.88. The minimum absolute atomic E-state index is 0.0374. The van der Waals surface area contributed by atoms with Crippen LogP contribution in [0.1, 0.15) is 39.9 Å². The van der Waals surface area contributed by atoms with E-state index in [1.165, 1.54) is 5.56 Å². The number of nitrogens with zero attached hydrogens (tertiary/aromatic N) is 3. The molecule has 0 atom stereocenters. The van der Waals surface area contributed by atoms with Crippen molar-refractivity contribution in [3.8, 4) is 5.75 Å². The molecular formula is C33H39BrN6O4. The zero-order chi connectivity index (χ0) is 31.2. The van der Waals surface area contributed by atoms with Crippen LogP contribution in [0.15, 0.2) is 65.1 Å². The number of rotatable bonds is 9. The van der Waals surface area contributed by atoms with Crippen molar-refractivity contribution in [1.82, 2.24) is 20.0 Å². The van der Waals surface area contributed by atoms with E-state index in [2.05, 4.69) is 43.6 Å². The molecule has 1 saturated heterocycles. The Morgan fingerprint density at radius 1 is 1.07 bits per heavy atom. The maximum atomic E-state index is 13.1. The second-order valence-corrected chi connectivity index (χ2v) is 12.2. The van der Waals surface area contributed by atoms with Crippen LogP contribution in [0.3, 0.4) is 0 Å². The molecule has 232 valence electrons. The van der Waals surface area contributed by atoms with E-state index in [1.54, 1.807) is 24.1 Å². The molecule has 2 heterocycles. The summed E-state index contributed by atoms with van der Waals surface area (Å²) in [6.45, 7) is 2.84. The predicted molar refractivity (Wildman–Crippen MR) is 175 cm³/mol. The van der Waals surface area contributed by atoms with E-state index in [4.69, 9.17) is 10.5 Å². The fraction of sp³-hybridized carbons (Fsp3) is 0.364. The molecule has 44 heavy (non-hydrogen) atoms. The van der Waals surface area contributed by atoms with Crippen LogP contribution in [0.2, 0.25) is 0 Å². The topological polar surface area (TPSA) is 120 Å². The highest BCUT2D eigenvalue weighted by Crippen LogP contribution is 2.29. The first-order valence-corrected chi connectivity index (χ1v) is 15.6. The van der Waals surface area contributed by atoms with Crippen LogP contribution in [-0.4, -0.2) is 78.9 Å². The van der Waals surface area contributed by atoms with Crippen LogP contribution < -0.4 is 21.1 Å². The molecule has 0 bridgehead atoms. The lowest BCUT2D eigenvalue weighted by atomic mass is 10.0. The summed E-state index contributed by atoms with van der Waals surface area (Å²) in [4.78, 5) is 44.9. The molecule has 11 heteroatoms. The number of nitrogen functional groups attached to an aromatic ring is 1. The molecule has 2 aliphatic heterocycles. The van der Waals surface area contributed by atoms with Crippen LogP contribution in [0.4, 0.5) is 16.2 Å². The molecule has 0 spiro atoms. The number of benzene rings is 3. The van der Waals surface area contributed by atoms with Gasteiger partial charge in [0.25, 0.3) is 5.91 Å². The highest BCUT2D eigenvalue weighted by Gasteiger charge is 2.31. The molecule has 3 aromatic rings. The Morgan fingerprint density at radius 3 is 2.55 bits per heavy atom. The Bertz CT molecular complexity index is 1510. The number of likely N-dealkylation sites (tertiary alicyclic amines) is 1. The maximum Gasteiger partial charge on any atom is 0.322 e. The van der Waals surface area contributed by atoms with Crippen molar-refractivity contribution in [2.24, 2.45) is 0 Å². The molecule has 2 aliphatic rings. The normalized spacial score (nSPS) is 15.4. The molecule has 10 nitrogen and oxygen atoms in total. The summed E-state index contributed by atoms with van der Waals surface area (Å²) in [6.07, 6.45) is 2.08. The van der Waals surface area contributed by atoms with Crippen LogP contribution in [0.25, 0.3) is 0 Å². The van der Waals surface area contributed by atoms with Gasteiger partial charge in [-0.25, -0.2) is 4.79 Å². The number of halogens is 1. The molecule has 0 saturated carbocycles. The third kappa shape index (κ3) is 7.51. The first-order chi connectivity index (χ1) is 21.2. The van der Waals surface area contributed by atoms with Gasteiger partial charge in [0.05, 0.1) is 19.3 Å². The van der Waals surface area contributed by atoms with Gasteiger partial charge in [-0.05, 0) is 89.3 Å². The average Bonchev–Trinajstić information content (AvgIpc) is 3.19. The molecular weight excluding hydrogens is 624 g/mol. The fourth-order valence-corrected chi connectivity index (χ4v) is 6.38. The third-order valence-electron chi connectivity index (χ3n) is 8.31. The molecule has 4 amide bonds. The van der Waals surface area contributed by atoms with Crippen molar-refractivity contribution >= 4 is 45.2 Å². The zero-order valence-electron chi connectivity index (χ0n) is 25.1. The number of amides is 4. The summed E-state index contributed by atoms with van der Waals surface area (Å²) in [6, 6.07) is 19.2. The number of carbonyl (C=O) groups is 3. The van der Waals surface area contributed by atoms with Crippen molar-refractivity contribution in [3.05, 3.63) is 87.4 Å². The van der Waals surface area contributed by atoms with Crippen molar-refractivity contribution in [2.75, 3.05) is 51.4 Å². The summed E-state index contributed by atoms with van der Waals surface area (Å²) in [5.41, 5.74) is 11.2. The lowest BCUT2D eigenvalue weighted by molar-refractivity contribution is -0.131. The van der Waals surface area contributed by atoms with Crippen LogP contribution >= 0.6 is 15.9 Å². The minimum Gasteiger partial charge on any atom is -0.497 e. The zero-order valence-corrected chi connectivity index (χ0v) is 26.7. The highest BCUT2D eigenvalue weighted by molar-refractivity contribution is 9.10. The van der Waals surface area contributed by atoms with E-state index in [-0.39, 0.29) is 30.4 Å². The number of piperidine rings is 1. The number of carbonyl (C=O) groups excluding carboxylic acids is 3. The number of nitrogens with two attached hydrogens (primary N) is 1. The summed E-state index contributed by atoms with van der Waals surface area (Å²) < 4.78 is 5.97. The molecule has 4 N–H and O–H groups in total. The number of anilines is 2. The van der Waals surface area contributed by atoms with Crippen molar-refractivity contribution in [3.63, 3.8) is 0 Å². The lowest BCUT2D eigenvalue weighted by Gasteiger charge is -2.38. The molecule has 0 aliphatic carbocycles. The monoisotopic (exact) mass is 662 g/mol. The Hall–Kier alpha value is -4.09. The van der Waals surface area contributed by atoms with E-state index in [9.17, 15) is 14.4 Å². The van der Waals surface area contributed by atoms with Gasteiger partial charge in [-0.2, -0.15) is 0 Å². The van der Waals surface area contributed by atoms with E-state index in [1.807, 2.05) is 48.3 Å². The molecule has 0 radical (unpaired) electrons. The SMILES string of the molecule is COc1ccc2c(c1)CCN(C1CCN(C(=O)CNC(=O)c3cc(Br)c(N)c(CN(C)Cc4ccccc4)c3)CC1)C(=O)N2. The number of urea groups is 1. The first-order valence-electron chi connectivity index (χ1n) is 14.8. The summed E-state index contributed by atoms with van der Waals surface area (Å²) in [5, 5.41) is 5.81. The van der Waals surface area contributed by atoms with E-state index < -0.39 is 0 Å². The Balaban J connectivity index is 1.12. The Morgan fingerprint density at radius 2 is 1.82 bits per heavy atom. The number of methoxy groups -OCH3 is 1. The Labute approximate surface area is 266 Å². The summed E-state index contributed by atoms with van der Waals surface area (Å²) in [5.74, 6) is 0.286. The van der Waals surface area contributed by atoms with Crippen molar-refractivity contribution in [1.29, 1.82) is 0 Å². The maximum absolute atomic E-state index is 13.1. The van der Waals surface area contributed by atoms with Crippen LogP contribution in [0.5, 0.6) is 5.75 Å². The van der Waals surface area contributed by atoms with Gasteiger partial charge in [-0.1, -0.05) is 30.3 Å². The van der Waals surface area contributed by atoms with Gasteiger partial charge in [0.1, 0.15) is 5.75 Å². The third-order valence-corrected chi connectivity index (χ3v) is 8.96. The molecule has 5 rings (SSSR count). The van der Waals surface area contributed by atoms with Gasteiger partial charge in [-0.15, -0.1) is 0 Å². The number of hydrogen-bond acceptors (Lipinski definition) is 6. The van der Waals surface area contributed by atoms with E-state index >= 15 is 0 Å². The van der Waals surface area contributed by atoms with Crippen molar-refractivity contribution < 1.29 is 19.1 Å². The standard InChI is InChI=1S/C33H39BrN6O4/c1-38(20-22-6-4-3-5-7-22)21-25-16-24(18-28(34)31(25)35)32(42)36-19-30(41)39-13-11-26(12-14-39)40-15-10-23-17-27(44-2)8-9-29(23)37-33(40)43/h3-9,16-18,26H,10-15,19-21,35H2,1-2H3,(H,36,42)(H,37,43). The summed E-state index contributed by atoms with van der Waals surface area (Å²) in [7, 11) is 3.63. The number of hydrogen-bond donors (Lipinski definition) is 3. The molecule has 0 aromatic heterocycles. The van der Waals surface area contributed by atoms with Gasteiger partial charge >= 0.3 is 6.03 Å². The van der Waals surface area contributed by atoms with E-state index in [0.717, 1.165) is 35.5 Å². The minimum atomic E-state index is -0.335. The van der Waals surface area contributed by atoms with Crippen LogP contribution in [-0.2, 0) is 24.3 Å². The molecule has 0 unspecified atom stereocenters.